The molecule has 1 N–H and O–H groups in total. The monoisotopic (exact) mass is 564 g/mol. The number of hydrogen-bond acceptors (Lipinski definition) is 7. The number of likely N-dealkylation sites (tertiary alicyclic amines) is 1. The first-order valence-corrected chi connectivity index (χ1v) is 10.6. The van der Waals surface area contributed by atoms with Crippen LogP contribution >= 0.6 is 24.0 Å². The molecule has 10 heteroatoms. The van der Waals surface area contributed by atoms with E-state index < -0.39 is 0 Å². The second kappa shape index (κ2) is 11.8. The topological polar surface area (TPSA) is 97.9 Å². The number of methoxy groups -OCH3 is 2. The van der Waals surface area contributed by atoms with Crippen LogP contribution in [0.15, 0.2) is 52.1 Å². The van der Waals surface area contributed by atoms with Crippen LogP contribution in [0.3, 0.4) is 0 Å². The fraction of sp³-hybridized carbons (Fsp3) is 0.391. The number of hydrogen-bond donors (Lipinski definition) is 1. The number of guanidine groups is 1. The van der Waals surface area contributed by atoms with Gasteiger partial charge in [0.25, 0.3) is 5.89 Å². The Morgan fingerprint density at radius 2 is 2.00 bits per heavy atom. The molecule has 0 radical (unpaired) electrons. The van der Waals surface area contributed by atoms with Gasteiger partial charge in [0.2, 0.25) is 0 Å². The number of aliphatic imine (C=N–C) groups is 1. The van der Waals surface area contributed by atoms with Crippen LogP contribution in [-0.2, 0) is 6.42 Å². The van der Waals surface area contributed by atoms with Crippen LogP contribution in [0, 0.1) is 0 Å². The van der Waals surface area contributed by atoms with Crippen LogP contribution < -0.4 is 14.8 Å². The largest absolute Gasteiger partial charge is 0.497 e. The Balaban J connectivity index is 0.00000306. The smallest absolute Gasteiger partial charge is 0.276 e. The normalized spacial score (nSPS) is 15.8. The average molecular weight is 564 g/mol. The second-order valence-electron chi connectivity index (χ2n) is 7.53. The molecule has 1 aromatic carbocycles. The molecule has 0 bridgehead atoms. The van der Waals surface area contributed by atoms with E-state index >= 15 is 0 Å². The standard InChI is InChI=1S/C23H28N6O3.HI/c1-24-23(26-10-7-21-27-22(32-28-21)20-6-4-5-9-25-20)29-11-8-16(15-29)17-12-18(30-2)14-19(13-17)31-3;/h4-6,9,12-14,16H,7-8,10-11,15H2,1-3H3,(H,24,26);1H. The van der Waals surface area contributed by atoms with E-state index in [1.807, 2.05) is 24.3 Å². The van der Waals surface area contributed by atoms with E-state index in [2.05, 4.69) is 42.5 Å². The number of aromatic nitrogens is 3. The summed E-state index contributed by atoms with van der Waals surface area (Å²) in [6, 6.07) is 11.7. The van der Waals surface area contributed by atoms with Gasteiger partial charge >= 0.3 is 0 Å². The summed E-state index contributed by atoms with van der Waals surface area (Å²) in [5, 5.41) is 7.47. The van der Waals surface area contributed by atoms with Gasteiger partial charge in [-0.3, -0.25) is 9.98 Å². The van der Waals surface area contributed by atoms with Gasteiger partial charge in [-0.15, -0.1) is 24.0 Å². The predicted octanol–water partition coefficient (Wildman–Crippen LogP) is 3.37. The van der Waals surface area contributed by atoms with Crippen LogP contribution in [0.5, 0.6) is 11.5 Å². The lowest BCUT2D eigenvalue weighted by Crippen LogP contribution is -2.40. The minimum Gasteiger partial charge on any atom is -0.497 e. The Labute approximate surface area is 210 Å². The Bertz CT molecular complexity index is 1040. The fourth-order valence-electron chi connectivity index (χ4n) is 3.86. The lowest BCUT2D eigenvalue weighted by atomic mass is 9.98. The summed E-state index contributed by atoms with van der Waals surface area (Å²) in [6.07, 6.45) is 3.37. The Kier molecular flexibility index (Phi) is 8.87. The number of ether oxygens (including phenoxy) is 2. The first-order chi connectivity index (χ1) is 15.7. The van der Waals surface area contributed by atoms with E-state index in [-0.39, 0.29) is 24.0 Å². The minimum absolute atomic E-state index is 0. The van der Waals surface area contributed by atoms with E-state index in [4.69, 9.17) is 14.0 Å². The maximum absolute atomic E-state index is 5.42. The Morgan fingerprint density at radius 3 is 2.67 bits per heavy atom. The molecule has 0 saturated carbocycles. The summed E-state index contributed by atoms with van der Waals surface area (Å²) in [5.41, 5.74) is 1.89. The lowest BCUT2D eigenvalue weighted by Gasteiger charge is -2.21. The molecule has 1 aliphatic heterocycles. The van der Waals surface area contributed by atoms with Crippen molar-refractivity contribution < 1.29 is 14.0 Å². The van der Waals surface area contributed by atoms with Crippen molar-refractivity contribution in [2.45, 2.75) is 18.8 Å². The predicted molar refractivity (Wildman–Crippen MR) is 136 cm³/mol. The number of nitrogens with one attached hydrogen (secondary N) is 1. The van der Waals surface area contributed by atoms with E-state index in [0.29, 0.717) is 36.3 Å². The second-order valence-corrected chi connectivity index (χ2v) is 7.53. The van der Waals surface area contributed by atoms with Gasteiger partial charge in [0.15, 0.2) is 11.8 Å². The van der Waals surface area contributed by atoms with E-state index in [9.17, 15) is 0 Å². The van der Waals surface area contributed by atoms with Gasteiger partial charge in [-0.25, -0.2) is 0 Å². The van der Waals surface area contributed by atoms with Crippen molar-refractivity contribution in [1.82, 2.24) is 25.3 Å². The third kappa shape index (κ3) is 6.12. The zero-order valence-corrected chi connectivity index (χ0v) is 21.4. The summed E-state index contributed by atoms with van der Waals surface area (Å²) < 4.78 is 16.2. The first kappa shape index (κ1) is 24.7. The number of pyridine rings is 1. The summed E-state index contributed by atoms with van der Waals surface area (Å²) >= 11 is 0. The molecule has 33 heavy (non-hydrogen) atoms. The van der Waals surface area contributed by atoms with Gasteiger partial charge in [0, 0.05) is 51.3 Å². The highest BCUT2D eigenvalue weighted by Crippen LogP contribution is 2.32. The molecule has 1 saturated heterocycles. The van der Waals surface area contributed by atoms with Gasteiger partial charge in [-0.2, -0.15) is 4.98 Å². The highest BCUT2D eigenvalue weighted by atomic mass is 127. The highest BCUT2D eigenvalue weighted by molar-refractivity contribution is 14.0. The molecule has 9 nitrogen and oxygen atoms in total. The highest BCUT2D eigenvalue weighted by Gasteiger charge is 2.27. The van der Waals surface area contributed by atoms with E-state index in [1.165, 1.54) is 5.56 Å². The van der Waals surface area contributed by atoms with Crippen LogP contribution in [0.1, 0.15) is 23.7 Å². The van der Waals surface area contributed by atoms with Crippen LogP contribution in [-0.4, -0.2) is 66.9 Å². The number of halogens is 1. The van der Waals surface area contributed by atoms with Gasteiger partial charge in [-0.05, 0) is 36.2 Å². The molecule has 4 rings (SSSR count). The SMILES string of the molecule is CN=C(NCCc1noc(-c2ccccn2)n1)N1CCC(c2cc(OC)cc(OC)c2)C1.I. The van der Waals surface area contributed by atoms with Crippen molar-refractivity contribution >= 4 is 29.9 Å². The Morgan fingerprint density at radius 1 is 1.21 bits per heavy atom. The van der Waals surface area contributed by atoms with Gasteiger partial charge < -0.3 is 24.2 Å². The molecular weight excluding hydrogens is 535 g/mol. The summed E-state index contributed by atoms with van der Waals surface area (Å²) in [4.78, 5) is 15.4. The Hall–Kier alpha value is -2.89. The molecule has 0 amide bonds. The minimum atomic E-state index is 0. The van der Waals surface area contributed by atoms with Crippen molar-refractivity contribution in [3.8, 4) is 23.1 Å². The molecule has 0 spiro atoms. The van der Waals surface area contributed by atoms with Crippen LogP contribution in [0.25, 0.3) is 11.6 Å². The number of rotatable bonds is 7. The molecule has 2 aromatic heterocycles. The molecule has 1 fully saturated rings. The zero-order chi connectivity index (χ0) is 22.3. The van der Waals surface area contributed by atoms with Crippen molar-refractivity contribution in [3.05, 3.63) is 54.0 Å². The molecule has 1 atom stereocenters. The molecule has 1 aliphatic rings. The summed E-state index contributed by atoms with van der Waals surface area (Å²) in [7, 11) is 5.15. The maximum atomic E-state index is 5.42. The third-order valence-electron chi connectivity index (χ3n) is 5.53. The van der Waals surface area contributed by atoms with Gasteiger partial charge in [0.05, 0.1) is 14.2 Å². The van der Waals surface area contributed by atoms with Crippen LogP contribution in [0.2, 0.25) is 0 Å². The zero-order valence-electron chi connectivity index (χ0n) is 19.0. The quantitative estimate of drug-likeness (QED) is 0.265. The summed E-state index contributed by atoms with van der Waals surface area (Å²) in [6.45, 7) is 2.46. The maximum Gasteiger partial charge on any atom is 0.276 e. The molecule has 176 valence electrons. The third-order valence-corrected chi connectivity index (χ3v) is 5.53. The van der Waals surface area contributed by atoms with E-state index in [0.717, 1.165) is 37.0 Å². The van der Waals surface area contributed by atoms with Crippen molar-refractivity contribution in [3.63, 3.8) is 0 Å². The summed E-state index contributed by atoms with van der Waals surface area (Å²) in [5.74, 6) is 3.94. The lowest BCUT2D eigenvalue weighted by molar-refractivity contribution is 0.392. The van der Waals surface area contributed by atoms with Crippen molar-refractivity contribution in [1.29, 1.82) is 0 Å². The van der Waals surface area contributed by atoms with E-state index in [1.54, 1.807) is 27.5 Å². The number of benzene rings is 1. The molecule has 3 heterocycles. The fourth-order valence-corrected chi connectivity index (χ4v) is 3.86. The first-order valence-electron chi connectivity index (χ1n) is 10.6. The molecule has 0 aliphatic carbocycles. The number of nitrogens with zero attached hydrogens (tertiary/aromatic N) is 5. The van der Waals surface area contributed by atoms with Gasteiger partial charge in [-0.1, -0.05) is 11.2 Å². The average Bonchev–Trinajstić information content (AvgIpc) is 3.52. The van der Waals surface area contributed by atoms with Gasteiger partial charge in [0.1, 0.15) is 17.2 Å². The van der Waals surface area contributed by atoms with Crippen LogP contribution in [0.4, 0.5) is 0 Å². The molecular formula is C23H29IN6O3. The van der Waals surface area contributed by atoms with Crippen molar-refractivity contribution in [2.75, 3.05) is 40.9 Å². The van der Waals surface area contributed by atoms with Crippen molar-refractivity contribution in [2.24, 2.45) is 4.99 Å². The molecule has 3 aromatic rings. The molecule has 1 unspecified atom stereocenters.